The van der Waals surface area contributed by atoms with E-state index in [0.717, 1.165) is 15.7 Å². The first-order chi connectivity index (χ1) is 11.2. The van der Waals surface area contributed by atoms with Crippen molar-refractivity contribution in [3.63, 3.8) is 0 Å². The zero-order valence-electron chi connectivity index (χ0n) is 12.0. The van der Waals surface area contributed by atoms with Crippen molar-refractivity contribution in [3.8, 4) is 0 Å². The summed E-state index contributed by atoms with van der Waals surface area (Å²) in [6.07, 6.45) is 1.57. The Labute approximate surface area is 147 Å². The summed E-state index contributed by atoms with van der Waals surface area (Å²) in [5, 5.41) is 15.0. The first kappa shape index (κ1) is 15.7. The lowest BCUT2D eigenvalue weighted by Crippen LogP contribution is -2.06. The molecule has 5 nitrogen and oxygen atoms in total. The summed E-state index contributed by atoms with van der Waals surface area (Å²) >= 11 is 9.61. The minimum Gasteiger partial charge on any atom is -0.364 e. The Morgan fingerprint density at radius 1 is 1.04 bits per heavy atom. The zero-order valence-corrected chi connectivity index (χ0v) is 14.3. The van der Waals surface area contributed by atoms with E-state index in [9.17, 15) is 0 Å². The molecule has 0 aliphatic heterocycles. The largest absolute Gasteiger partial charge is 0.364 e. The molecule has 1 aromatic heterocycles. The topological polar surface area (TPSA) is 62.7 Å². The van der Waals surface area contributed by atoms with Gasteiger partial charge in [0.15, 0.2) is 5.82 Å². The molecule has 3 aromatic rings. The number of benzene rings is 2. The van der Waals surface area contributed by atoms with Crippen LogP contribution in [-0.4, -0.2) is 15.2 Å². The number of anilines is 3. The van der Waals surface area contributed by atoms with Crippen LogP contribution in [0.25, 0.3) is 0 Å². The first-order valence-electron chi connectivity index (χ1n) is 6.91. The number of para-hydroxylation sites is 1. The molecule has 0 unspecified atom stereocenters. The molecule has 0 saturated carbocycles. The average Bonchev–Trinajstić information content (AvgIpc) is 2.57. The van der Waals surface area contributed by atoms with Gasteiger partial charge in [-0.25, -0.2) is 0 Å². The second-order valence-corrected chi connectivity index (χ2v) is 5.98. The van der Waals surface area contributed by atoms with Crippen LogP contribution in [0.4, 0.5) is 17.5 Å². The van der Waals surface area contributed by atoms with E-state index in [2.05, 4.69) is 41.7 Å². The van der Waals surface area contributed by atoms with Crippen LogP contribution in [-0.2, 0) is 6.54 Å². The van der Waals surface area contributed by atoms with Gasteiger partial charge in [0, 0.05) is 16.0 Å². The number of halogens is 2. The Kier molecular flexibility index (Phi) is 5.05. The van der Waals surface area contributed by atoms with Crippen molar-refractivity contribution >= 4 is 45.0 Å². The van der Waals surface area contributed by atoms with Crippen molar-refractivity contribution in [3.05, 3.63) is 69.8 Å². The standard InChI is InChI=1S/C16H13BrClN5/c17-12-6-2-4-8-14(12)21-16-22-15(10-20-23-16)19-9-11-5-1-3-7-13(11)18/h1-8,10H,9H2,(H2,19,21,22,23). The number of aromatic nitrogens is 3. The minimum atomic E-state index is 0.418. The Hall–Kier alpha value is -2.18. The molecule has 2 aromatic carbocycles. The van der Waals surface area contributed by atoms with Gasteiger partial charge in [-0.2, -0.15) is 10.1 Å². The SMILES string of the molecule is Clc1ccccc1CNc1cnnc(Nc2ccccc2Br)n1. The van der Waals surface area contributed by atoms with E-state index in [1.807, 2.05) is 48.5 Å². The fourth-order valence-electron chi connectivity index (χ4n) is 1.95. The van der Waals surface area contributed by atoms with E-state index >= 15 is 0 Å². The number of nitrogens with one attached hydrogen (secondary N) is 2. The third-order valence-electron chi connectivity index (χ3n) is 3.10. The number of hydrogen-bond donors (Lipinski definition) is 2. The van der Waals surface area contributed by atoms with Crippen molar-refractivity contribution in [1.29, 1.82) is 0 Å². The molecule has 7 heteroatoms. The highest BCUT2D eigenvalue weighted by atomic mass is 79.9. The Bertz CT molecular complexity index is 812. The highest BCUT2D eigenvalue weighted by Crippen LogP contribution is 2.24. The highest BCUT2D eigenvalue weighted by molar-refractivity contribution is 9.10. The number of hydrogen-bond acceptors (Lipinski definition) is 5. The van der Waals surface area contributed by atoms with E-state index in [1.165, 1.54) is 0 Å². The van der Waals surface area contributed by atoms with Crippen LogP contribution < -0.4 is 10.6 Å². The molecule has 0 atom stereocenters. The van der Waals surface area contributed by atoms with Crippen molar-refractivity contribution < 1.29 is 0 Å². The molecule has 2 N–H and O–H groups in total. The quantitative estimate of drug-likeness (QED) is 0.664. The predicted octanol–water partition coefficient (Wildman–Crippen LogP) is 4.64. The van der Waals surface area contributed by atoms with Crippen molar-refractivity contribution in [2.24, 2.45) is 0 Å². The molecular weight excluding hydrogens is 378 g/mol. The van der Waals surface area contributed by atoms with Crippen LogP contribution in [0, 0.1) is 0 Å². The molecule has 0 bridgehead atoms. The maximum absolute atomic E-state index is 6.14. The molecule has 0 fully saturated rings. The van der Waals surface area contributed by atoms with Gasteiger partial charge in [-0.3, -0.25) is 0 Å². The number of rotatable bonds is 5. The summed E-state index contributed by atoms with van der Waals surface area (Å²) in [5.74, 6) is 1.04. The third kappa shape index (κ3) is 4.18. The molecule has 1 heterocycles. The van der Waals surface area contributed by atoms with Gasteiger partial charge in [0.2, 0.25) is 5.95 Å². The summed E-state index contributed by atoms with van der Waals surface area (Å²) in [5.41, 5.74) is 1.87. The van der Waals surface area contributed by atoms with E-state index in [-0.39, 0.29) is 0 Å². The molecular formula is C16H13BrClN5. The molecule has 23 heavy (non-hydrogen) atoms. The molecule has 3 rings (SSSR count). The van der Waals surface area contributed by atoms with Gasteiger partial charge in [-0.15, -0.1) is 5.10 Å². The fourth-order valence-corrected chi connectivity index (χ4v) is 2.54. The third-order valence-corrected chi connectivity index (χ3v) is 4.16. The monoisotopic (exact) mass is 389 g/mol. The molecule has 0 spiro atoms. The van der Waals surface area contributed by atoms with Gasteiger partial charge in [0.1, 0.15) is 0 Å². The second kappa shape index (κ2) is 7.39. The Morgan fingerprint density at radius 2 is 1.83 bits per heavy atom. The lowest BCUT2D eigenvalue weighted by molar-refractivity contribution is 0.965. The van der Waals surface area contributed by atoms with Crippen LogP contribution in [0.2, 0.25) is 5.02 Å². The van der Waals surface area contributed by atoms with Gasteiger partial charge < -0.3 is 10.6 Å². The smallest absolute Gasteiger partial charge is 0.249 e. The van der Waals surface area contributed by atoms with Gasteiger partial charge in [-0.1, -0.05) is 41.9 Å². The summed E-state index contributed by atoms with van der Waals surface area (Å²) in [6, 6.07) is 15.4. The highest BCUT2D eigenvalue weighted by Gasteiger charge is 2.05. The molecule has 0 radical (unpaired) electrons. The van der Waals surface area contributed by atoms with Crippen molar-refractivity contribution in [1.82, 2.24) is 15.2 Å². The second-order valence-electron chi connectivity index (χ2n) is 4.72. The van der Waals surface area contributed by atoms with Gasteiger partial charge in [-0.05, 0) is 39.7 Å². The summed E-state index contributed by atoms with van der Waals surface area (Å²) < 4.78 is 0.929. The zero-order chi connectivity index (χ0) is 16.1. The van der Waals surface area contributed by atoms with Crippen LogP contribution in [0.5, 0.6) is 0 Å². The van der Waals surface area contributed by atoms with Crippen molar-refractivity contribution in [2.75, 3.05) is 10.6 Å². The summed E-state index contributed by atoms with van der Waals surface area (Å²) in [6.45, 7) is 0.562. The van der Waals surface area contributed by atoms with Crippen LogP contribution >= 0.6 is 27.5 Å². The average molecular weight is 391 g/mol. The van der Waals surface area contributed by atoms with Gasteiger partial charge in [0.05, 0.1) is 11.9 Å². The number of nitrogens with zero attached hydrogens (tertiary/aromatic N) is 3. The van der Waals surface area contributed by atoms with Crippen LogP contribution in [0.1, 0.15) is 5.56 Å². The van der Waals surface area contributed by atoms with E-state index in [1.54, 1.807) is 6.20 Å². The minimum absolute atomic E-state index is 0.418. The molecule has 0 aliphatic rings. The van der Waals surface area contributed by atoms with Gasteiger partial charge >= 0.3 is 0 Å². The molecule has 0 amide bonds. The lowest BCUT2D eigenvalue weighted by Gasteiger charge is -2.09. The molecule has 116 valence electrons. The van der Waals surface area contributed by atoms with Gasteiger partial charge in [0.25, 0.3) is 0 Å². The normalized spacial score (nSPS) is 10.3. The van der Waals surface area contributed by atoms with E-state index < -0.39 is 0 Å². The Balaban J connectivity index is 1.70. The van der Waals surface area contributed by atoms with E-state index in [0.29, 0.717) is 23.3 Å². The maximum Gasteiger partial charge on any atom is 0.249 e. The van der Waals surface area contributed by atoms with Crippen LogP contribution in [0.3, 0.4) is 0 Å². The molecule has 0 aliphatic carbocycles. The van der Waals surface area contributed by atoms with E-state index in [4.69, 9.17) is 11.6 Å². The Morgan fingerprint density at radius 3 is 2.65 bits per heavy atom. The predicted molar refractivity (Wildman–Crippen MR) is 96.0 cm³/mol. The first-order valence-corrected chi connectivity index (χ1v) is 8.08. The van der Waals surface area contributed by atoms with Crippen molar-refractivity contribution in [2.45, 2.75) is 6.54 Å². The maximum atomic E-state index is 6.14. The van der Waals surface area contributed by atoms with Crippen LogP contribution in [0.15, 0.2) is 59.2 Å². The lowest BCUT2D eigenvalue weighted by atomic mass is 10.2. The summed E-state index contributed by atoms with van der Waals surface area (Å²) in [7, 11) is 0. The fraction of sp³-hybridized carbons (Fsp3) is 0.0625. The summed E-state index contributed by atoms with van der Waals surface area (Å²) in [4.78, 5) is 4.39. The molecule has 0 saturated heterocycles.